The maximum atomic E-state index is 11.2. The molecule has 0 rings (SSSR count). The number of hydrogen-bond donors (Lipinski definition) is 0. The zero-order valence-electron chi connectivity index (χ0n) is 11.8. The summed E-state index contributed by atoms with van der Waals surface area (Å²) in [6.07, 6.45) is 11.4. The summed E-state index contributed by atoms with van der Waals surface area (Å²) >= 11 is 0. The van der Waals surface area contributed by atoms with Crippen LogP contribution in [0.5, 0.6) is 0 Å². The first-order valence-corrected chi connectivity index (χ1v) is 6.96. The normalized spacial score (nSPS) is 9.76. The average molecular weight is 429 g/mol. The van der Waals surface area contributed by atoms with Gasteiger partial charge in [0, 0.05) is 34.1 Å². The molecule has 0 heterocycles. The number of hydrogen-bond acceptors (Lipinski definition) is 2. The second kappa shape index (κ2) is 16.4. The first-order chi connectivity index (χ1) is 7.81. The van der Waals surface area contributed by atoms with Crippen LogP contribution in [-0.2, 0) is 37.2 Å². The van der Waals surface area contributed by atoms with Crippen molar-refractivity contribution >= 4 is 5.97 Å². The van der Waals surface area contributed by atoms with Crippen LogP contribution in [0.3, 0.4) is 0 Å². The van der Waals surface area contributed by atoms with Gasteiger partial charge >= 0.3 is 5.97 Å². The number of ether oxygens (including phenoxy) is 1. The topological polar surface area (TPSA) is 26.3 Å². The Balaban J connectivity index is 0. The summed E-state index contributed by atoms with van der Waals surface area (Å²) in [6.45, 7) is 4.93. The molecule has 0 aliphatic rings. The van der Waals surface area contributed by atoms with Gasteiger partial charge in [0.25, 0.3) is 0 Å². The minimum absolute atomic E-state index is 0. The van der Waals surface area contributed by atoms with Gasteiger partial charge < -0.3 is 4.74 Å². The van der Waals surface area contributed by atoms with Crippen LogP contribution < -0.4 is 0 Å². The van der Waals surface area contributed by atoms with Gasteiger partial charge in [-0.1, -0.05) is 58.8 Å². The number of carbonyl (C=O) groups is 1. The van der Waals surface area contributed by atoms with E-state index in [1.165, 1.54) is 38.5 Å². The number of carbonyl (C=O) groups excluding carboxylic acids is 1. The van der Waals surface area contributed by atoms with Crippen molar-refractivity contribution in [1.82, 2.24) is 0 Å². The van der Waals surface area contributed by atoms with E-state index in [9.17, 15) is 4.79 Å². The zero-order chi connectivity index (χ0) is 12.1. The summed E-state index contributed by atoms with van der Waals surface area (Å²) in [7, 11) is 0. The van der Waals surface area contributed by atoms with Gasteiger partial charge in [0.15, 0.2) is 0 Å². The van der Waals surface area contributed by atoms with Crippen LogP contribution in [-0.4, -0.2) is 12.6 Å². The second-order valence-electron chi connectivity index (χ2n) is 4.45. The first kappa shape index (κ1) is 19.7. The monoisotopic (exact) mass is 430 g/mol. The maximum Gasteiger partial charge on any atom is 0.305 e. The third-order valence-electron chi connectivity index (χ3n) is 2.75. The van der Waals surface area contributed by atoms with Gasteiger partial charge in [0.05, 0.1) is 6.61 Å². The van der Waals surface area contributed by atoms with E-state index in [1.807, 2.05) is 0 Å². The largest absolute Gasteiger partial charge is 0.466 e. The fourth-order valence-corrected chi connectivity index (χ4v) is 1.63. The number of rotatable bonds is 11. The van der Waals surface area contributed by atoms with Gasteiger partial charge in [-0.2, -0.15) is 0 Å². The van der Waals surface area contributed by atoms with Gasteiger partial charge in [0.2, 0.25) is 0 Å². The van der Waals surface area contributed by atoms with Crippen LogP contribution in [0.15, 0.2) is 0 Å². The molecule has 0 aromatic heterocycles. The van der Waals surface area contributed by atoms with E-state index in [2.05, 4.69) is 13.8 Å². The Labute approximate surface area is 127 Å². The molecule has 0 aromatic carbocycles. The van der Waals surface area contributed by atoms with Gasteiger partial charge in [-0.15, -0.1) is 0 Å². The molecule has 2 nitrogen and oxygen atoms in total. The molecule has 0 saturated heterocycles. The Hall–Kier alpha value is 0.405. The van der Waals surface area contributed by atoms with E-state index in [0.29, 0.717) is 13.0 Å². The summed E-state index contributed by atoms with van der Waals surface area (Å²) in [4.78, 5) is 11.2. The second-order valence-corrected chi connectivity index (χ2v) is 4.45. The molecule has 0 unspecified atom stereocenters. The summed E-state index contributed by atoms with van der Waals surface area (Å²) in [5.74, 6) is -0.0120. The van der Waals surface area contributed by atoms with Crippen molar-refractivity contribution in [3.8, 4) is 0 Å². The van der Waals surface area contributed by atoms with E-state index in [0.717, 1.165) is 19.3 Å². The van der Waals surface area contributed by atoms with Gasteiger partial charge in [0.1, 0.15) is 0 Å². The molecule has 0 bridgehead atoms. The first-order valence-electron chi connectivity index (χ1n) is 6.96. The molecule has 0 amide bonds. The van der Waals surface area contributed by atoms with E-state index in [-0.39, 0.29) is 33.6 Å². The Kier molecular flexibility index (Phi) is 19.0. The van der Waals surface area contributed by atoms with E-state index >= 15 is 0 Å². The van der Waals surface area contributed by atoms with Crippen molar-refractivity contribution in [3.05, 3.63) is 0 Å². The van der Waals surface area contributed by atoms with E-state index in [4.69, 9.17) is 4.74 Å². The molecule has 0 radical (unpaired) electrons. The fourth-order valence-electron chi connectivity index (χ4n) is 1.63. The zero-order valence-corrected chi connectivity index (χ0v) is 17.3. The Morgan fingerprint density at radius 1 is 0.824 bits per heavy atom. The summed E-state index contributed by atoms with van der Waals surface area (Å²) in [6, 6.07) is 0. The van der Waals surface area contributed by atoms with Gasteiger partial charge in [-0.3, -0.25) is 4.79 Å². The Morgan fingerprint density at radius 3 is 1.94 bits per heavy atom. The predicted octanol–water partition coefficient (Wildman–Crippen LogP) is 4.47. The minimum atomic E-state index is -0.0120. The van der Waals surface area contributed by atoms with Crippen molar-refractivity contribution in [2.75, 3.05) is 6.61 Å². The van der Waals surface area contributed by atoms with Crippen LogP contribution in [0.1, 0.15) is 78.1 Å². The predicted molar refractivity (Wildman–Crippen MR) is 68.5 cm³/mol. The van der Waals surface area contributed by atoms with Crippen LogP contribution in [0.4, 0.5) is 0 Å². The molecule has 17 heavy (non-hydrogen) atoms. The quantitative estimate of drug-likeness (QED) is 0.276. The minimum Gasteiger partial charge on any atom is -0.466 e. The SMILES string of the molecule is CCCCCCCCCC(=O)OCCCC.[Hg]. The van der Waals surface area contributed by atoms with Crippen molar-refractivity contribution in [1.29, 1.82) is 0 Å². The van der Waals surface area contributed by atoms with Crippen molar-refractivity contribution in [2.24, 2.45) is 0 Å². The summed E-state index contributed by atoms with van der Waals surface area (Å²) < 4.78 is 5.09. The molecule has 3 heteroatoms. The molecule has 98 valence electrons. The van der Waals surface area contributed by atoms with Crippen molar-refractivity contribution < 1.29 is 37.2 Å². The molecular weight excluding hydrogens is 401 g/mol. The molecule has 0 aromatic rings. The van der Waals surface area contributed by atoms with Crippen molar-refractivity contribution in [2.45, 2.75) is 78.1 Å². The summed E-state index contributed by atoms with van der Waals surface area (Å²) in [5, 5.41) is 0. The molecule has 0 fully saturated rings. The fraction of sp³-hybridized carbons (Fsp3) is 0.929. The summed E-state index contributed by atoms with van der Waals surface area (Å²) in [5.41, 5.74) is 0. The van der Waals surface area contributed by atoms with Gasteiger partial charge in [-0.25, -0.2) is 0 Å². The van der Waals surface area contributed by atoms with Crippen LogP contribution >= 0.6 is 0 Å². The average Bonchev–Trinajstić information content (AvgIpc) is 2.28. The number of esters is 1. The molecule has 0 aliphatic heterocycles. The van der Waals surface area contributed by atoms with E-state index in [1.54, 1.807) is 0 Å². The molecule has 0 N–H and O–H groups in total. The number of unbranched alkanes of at least 4 members (excludes halogenated alkanes) is 7. The van der Waals surface area contributed by atoms with Crippen LogP contribution in [0.25, 0.3) is 0 Å². The van der Waals surface area contributed by atoms with Crippen LogP contribution in [0.2, 0.25) is 0 Å². The van der Waals surface area contributed by atoms with Gasteiger partial charge in [-0.05, 0) is 12.8 Å². The third-order valence-corrected chi connectivity index (χ3v) is 2.75. The molecule has 0 aliphatic carbocycles. The Morgan fingerprint density at radius 2 is 1.35 bits per heavy atom. The molecular formula is C14H28HgO2. The van der Waals surface area contributed by atoms with E-state index < -0.39 is 0 Å². The van der Waals surface area contributed by atoms with Crippen LogP contribution in [0, 0.1) is 0 Å². The third kappa shape index (κ3) is 16.4. The van der Waals surface area contributed by atoms with Crippen molar-refractivity contribution in [3.63, 3.8) is 0 Å². The smallest absolute Gasteiger partial charge is 0.305 e. The molecule has 0 saturated carbocycles. The standard InChI is InChI=1S/C14H28O2.Hg/c1-3-5-7-8-9-10-11-12-14(15)16-13-6-4-2;/h3-13H2,1-2H3;. The molecule has 0 atom stereocenters. The maximum absolute atomic E-state index is 11.2. The Bertz CT molecular complexity index is 160. The molecule has 0 spiro atoms.